The molecule has 2 amide bonds. The van der Waals surface area contributed by atoms with Gasteiger partial charge in [-0.2, -0.15) is 0 Å². The number of carbonyl (C=O) groups is 2. The molecule has 5 nitrogen and oxygen atoms in total. The molecule has 0 spiro atoms. The molecule has 0 bridgehead atoms. The van der Waals surface area contributed by atoms with E-state index in [1.54, 1.807) is 9.80 Å². The number of hydrogen-bond donors (Lipinski definition) is 0. The third kappa shape index (κ3) is 2.86. The summed E-state index contributed by atoms with van der Waals surface area (Å²) in [6.07, 6.45) is 0. The number of para-hydroxylation sites is 1. The van der Waals surface area contributed by atoms with Gasteiger partial charge < -0.3 is 14.2 Å². The van der Waals surface area contributed by atoms with Crippen LogP contribution < -0.4 is 0 Å². The van der Waals surface area contributed by atoms with Gasteiger partial charge in [0.1, 0.15) is 5.58 Å². The largest absolute Gasteiger partial charge is 0.451 e. The van der Waals surface area contributed by atoms with Crippen molar-refractivity contribution in [1.82, 2.24) is 9.80 Å². The number of carbonyl (C=O) groups excluding carboxylic acids is 2. The lowest BCUT2D eigenvalue weighted by Gasteiger charge is -2.34. The molecule has 132 valence electrons. The second-order valence-corrected chi connectivity index (χ2v) is 6.50. The lowest BCUT2D eigenvalue weighted by Crippen LogP contribution is -2.50. The Morgan fingerprint density at radius 1 is 0.808 bits per heavy atom. The SMILES string of the molecule is Cc1c(C(=O)N2CCN(C(=O)c3ccccc3)CC2)oc2ccccc12. The van der Waals surface area contributed by atoms with Gasteiger partial charge in [0.15, 0.2) is 5.76 Å². The molecule has 0 saturated carbocycles. The Morgan fingerprint density at radius 3 is 2.04 bits per heavy atom. The molecule has 1 aliphatic heterocycles. The van der Waals surface area contributed by atoms with Gasteiger partial charge >= 0.3 is 0 Å². The van der Waals surface area contributed by atoms with Gasteiger partial charge in [-0.25, -0.2) is 0 Å². The van der Waals surface area contributed by atoms with Gasteiger partial charge in [0.05, 0.1) is 0 Å². The van der Waals surface area contributed by atoms with Crippen molar-refractivity contribution in [3.8, 4) is 0 Å². The van der Waals surface area contributed by atoms with Crippen molar-refractivity contribution in [3.63, 3.8) is 0 Å². The zero-order valence-corrected chi connectivity index (χ0v) is 14.6. The number of furan rings is 1. The van der Waals surface area contributed by atoms with Gasteiger partial charge in [0, 0.05) is 42.7 Å². The summed E-state index contributed by atoms with van der Waals surface area (Å²) in [7, 11) is 0. The zero-order chi connectivity index (χ0) is 18.1. The van der Waals surface area contributed by atoms with Crippen LogP contribution in [0.5, 0.6) is 0 Å². The zero-order valence-electron chi connectivity index (χ0n) is 14.6. The maximum absolute atomic E-state index is 12.9. The average molecular weight is 348 g/mol. The van der Waals surface area contributed by atoms with E-state index in [4.69, 9.17) is 4.42 Å². The van der Waals surface area contributed by atoms with Crippen molar-refractivity contribution in [2.24, 2.45) is 0 Å². The predicted octanol–water partition coefficient (Wildman–Crippen LogP) is 3.34. The first-order valence-corrected chi connectivity index (χ1v) is 8.77. The maximum atomic E-state index is 12.9. The fourth-order valence-electron chi connectivity index (χ4n) is 3.40. The van der Waals surface area contributed by atoms with Crippen LogP contribution in [0.3, 0.4) is 0 Å². The van der Waals surface area contributed by atoms with Gasteiger partial charge in [-0.3, -0.25) is 9.59 Å². The molecule has 0 radical (unpaired) electrons. The standard InChI is InChI=1S/C21H20N2O3/c1-15-17-9-5-6-10-18(17)26-19(15)21(25)23-13-11-22(12-14-23)20(24)16-7-3-2-4-8-16/h2-10H,11-14H2,1H3. The number of benzene rings is 2. The molecule has 26 heavy (non-hydrogen) atoms. The second-order valence-electron chi connectivity index (χ2n) is 6.50. The van der Waals surface area contributed by atoms with Crippen molar-refractivity contribution in [3.05, 3.63) is 71.5 Å². The molecule has 0 unspecified atom stereocenters. The Hall–Kier alpha value is -3.08. The molecule has 2 heterocycles. The minimum Gasteiger partial charge on any atom is -0.451 e. The highest BCUT2D eigenvalue weighted by Gasteiger charge is 2.28. The van der Waals surface area contributed by atoms with E-state index < -0.39 is 0 Å². The van der Waals surface area contributed by atoms with Gasteiger partial charge in [-0.05, 0) is 25.1 Å². The van der Waals surface area contributed by atoms with E-state index >= 15 is 0 Å². The van der Waals surface area contributed by atoms with Crippen LogP contribution in [0, 0.1) is 6.92 Å². The molecule has 4 rings (SSSR count). The minimum absolute atomic E-state index is 0.0117. The molecule has 1 saturated heterocycles. The first kappa shape index (κ1) is 16.4. The van der Waals surface area contributed by atoms with Crippen LogP contribution in [0.2, 0.25) is 0 Å². The van der Waals surface area contributed by atoms with Crippen molar-refractivity contribution < 1.29 is 14.0 Å². The predicted molar refractivity (Wildman–Crippen MR) is 99.2 cm³/mol. The van der Waals surface area contributed by atoms with E-state index in [1.807, 2.05) is 61.5 Å². The number of amides is 2. The first-order chi connectivity index (χ1) is 12.6. The molecule has 0 aliphatic carbocycles. The Morgan fingerprint density at radius 2 is 1.38 bits per heavy atom. The summed E-state index contributed by atoms with van der Waals surface area (Å²) < 4.78 is 5.79. The Balaban J connectivity index is 1.46. The molecule has 2 aromatic carbocycles. The number of aryl methyl sites for hydroxylation is 1. The molecule has 1 aliphatic rings. The van der Waals surface area contributed by atoms with E-state index in [1.165, 1.54) is 0 Å². The highest BCUT2D eigenvalue weighted by atomic mass is 16.3. The van der Waals surface area contributed by atoms with Gasteiger partial charge in [-0.15, -0.1) is 0 Å². The number of piperazine rings is 1. The third-order valence-electron chi connectivity index (χ3n) is 4.91. The van der Waals surface area contributed by atoms with Gasteiger partial charge in [0.2, 0.25) is 0 Å². The molecule has 0 atom stereocenters. The van der Waals surface area contributed by atoms with Crippen molar-refractivity contribution in [2.75, 3.05) is 26.2 Å². The first-order valence-electron chi connectivity index (χ1n) is 8.77. The maximum Gasteiger partial charge on any atom is 0.290 e. The molecule has 1 fully saturated rings. The Kier molecular flexibility index (Phi) is 4.21. The highest BCUT2D eigenvalue weighted by Crippen LogP contribution is 2.26. The van der Waals surface area contributed by atoms with Crippen molar-refractivity contribution in [1.29, 1.82) is 0 Å². The fraction of sp³-hybridized carbons (Fsp3) is 0.238. The van der Waals surface area contributed by atoms with E-state index in [0.717, 1.165) is 16.5 Å². The summed E-state index contributed by atoms with van der Waals surface area (Å²) in [4.78, 5) is 28.9. The molecular formula is C21H20N2O3. The van der Waals surface area contributed by atoms with Crippen LogP contribution in [0.25, 0.3) is 11.0 Å². The van der Waals surface area contributed by atoms with E-state index in [0.29, 0.717) is 37.5 Å². The molecule has 3 aromatic rings. The molecule has 5 heteroatoms. The minimum atomic E-state index is -0.106. The van der Waals surface area contributed by atoms with Crippen molar-refractivity contribution in [2.45, 2.75) is 6.92 Å². The Bertz CT molecular complexity index is 954. The lowest BCUT2D eigenvalue weighted by molar-refractivity contribution is 0.0519. The quantitative estimate of drug-likeness (QED) is 0.714. The second kappa shape index (κ2) is 6.67. The molecular weight excluding hydrogens is 328 g/mol. The number of nitrogens with zero attached hydrogens (tertiary/aromatic N) is 2. The summed E-state index contributed by atoms with van der Waals surface area (Å²) in [5.74, 6) is 0.303. The third-order valence-corrected chi connectivity index (χ3v) is 4.91. The van der Waals surface area contributed by atoms with E-state index in [2.05, 4.69) is 0 Å². The van der Waals surface area contributed by atoms with Crippen LogP contribution in [0.4, 0.5) is 0 Å². The van der Waals surface area contributed by atoms with Gasteiger partial charge in [0.25, 0.3) is 11.8 Å². The average Bonchev–Trinajstić information content (AvgIpc) is 3.04. The smallest absolute Gasteiger partial charge is 0.290 e. The van der Waals surface area contributed by atoms with Crippen LogP contribution in [-0.4, -0.2) is 47.8 Å². The number of hydrogen-bond acceptors (Lipinski definition) is 3. The summed E-state index contributed by atoms with van der Waals surface area (Å²) in [6.45, 7) is 3.98. The molecule has 0 N–H and O–H groups in total. The van der Waals surface area contributed by atoms with Gasteiger partial charge in [-0.1, -0.05) is 36.4 Å². The lowest BCUT2D eigenvalue weighted by atomic mass is 10.1. The highest BCUT2D eigenvalue weighted by molar-refractivity contribution is 5.99. The van der Waals surface area contributed by atoms with Crippen LogP contribution in [0.1, 0.15) is 26.5 Å². The monoisotopic (exact) mass is 348 g/mol. The topological polar surface area (TPSA) is 53.8 Å². The fourth-order valence-corrected chi connectivity index (χ4v) is 3.40. The number of rotatable bonds is 2. The van der Waals surface area contributed by atoms with E-state index in [9.17, 15) is 9.59 Å². The number of fused-ring (bicyclic) bond motifs is 1. The van der Waals surface area contributed by atoms with Crippen LogP contribution >= 0.6 is 0 Å². The van der Waals surface area contributed by atoms with E-state index in [-0.39, 0.29) is 11.8 Å². The summed E-state index contributed by atoms with van der Waals surface area (Å²) in [6, 6.07) is 16.9. The Labute approximate surface area is 151 Å². The normalized spacial score (nSPS) is 14.7. The summed E-state index contributed by atoms with van der Waals surface area (Å²) in [5.41, 5.74) is 2.28. The summed E-state index contributed by atoms with van der Waals surface area (Å²) in [5, 5.41) is 0.966. The summed E-state index contributed by atoms with van der Waals surface area (Å²) >= 11 is 0. The molecule has 1 aromatic heterocycles. The van der Waals surface area contributed by atoms with Crippen LogP contribution in [0.15, 0.2) is 59.0 Å². The van der Waals surface area contributed by atoms with Crippen LogP contribution in [-0.2, 0) is 0 Å². The van der Waals surface area contributed by atoms with Crippen molar-refractivity contribution >= 4 is 22.8 Å².